The zero-order valence-corrected chi connectivity index (χ0v) is 16.1. The van der Waals surface area contributed by atoms with E-state index in [1.807, 2.05) is 33.8 Å². The SMILES string of the molecule is C=C.C=C/C(=C\C)c1nc2c(c(=O)[nH]1)CC(NC(=O)OC(C)(C)C)CC2. The first-order valence-corrected chi connectivity index (χ1v) is 8.64. The minimum atomic E-state index is -0.543. The van der Waals surface area contributed by atoms with Gasteiger partial charge >= 0.3 is 6.09 Å². The van der Waals surface area contributed by atoms with Gasteiger partial charge in [-0.1, -0.05) is 18.7 Å². The third-order valence-electron chi connectivity index (χ3n) is 3.81. The molecule has 1 heterocycles. The molecule has 0 aliphatic heterocycles. The first kappa shape index (κ1) is 21.4. The Morgan fingerprint density at radius 3 is 2.58 bits per heavy atom. The Labute approximate surface area is 155 Å². The molecule has 0 radical (unpaired) electrons. The number of hydrogen-bond acceptors (Lipinski definition) is 4. The molecule has 2 rings (SSSR count). The van der Waals surface area contributed by atoms with E-state index in [9.17, 15) is 9.59 Å². The van der Waals surface area contributed by atoms with Crippen LogP contribution in [0, 0.1) is 0 Å². The molecule has 0 saturated heterocycles. The number of nitrogens with zero attached hydrogens (tertiary/aromatic N) is 1. The summed E-state index contributed by atoms with van der Waals surface area (Å²) in [6, 6.07) is -0.123. The molecule has 0 spiro atoms. The number of aromatic amines is 1. The van der Waals surface area contributed by atoms with Crippen molar-refractivity contribution in [3.8, 4) is 0 Å². The van der Waals surface area contributed by atoms with Crippen molar-refractivity contribution < 1.29 is 9.53 Å². The molecule has 142 valence electrons. The molecule has 1 aromatic heterocycles. The van der Waals surface area contributed by atoms with Gasteiger partial charge in [0.25, 0.3) is 5.56 Å². The second kappa shape index (κ2) is 9.17. The predicted molar refractivity (Wildman–Crippen MR) is 105 cm³/mol. The van der Waals surface area contributed by atoms with Gasteiger partial charge in [0, 0.05) is 23.6 Å². The van der Waals surface area contributed by atoms with Crippen LogP contribution in [0.4, 0.5) is 4.79 Å². The van der Waals surface area contributed by atoms with Crippen LogP contribution in [0.25, 0.3) is 5.57 Å². The fourth-order valence-corrected chi connectivity index (χ4v) is 2.71. The number of carbonyl (C=O) groups is 1. The summed E-state index contributed by atoms with van der Waals surface area (Å²) >= 11 is 0. The van der Waals surface area contributed by atoms with Gasteiger partial charge in [0.1, 0.15) is 11.4 Å². The predicted octanol–water partition coefficient (Wildman–Crippen LogP) is 3.54. The summed E-state index contributed by atoms with van der Waals surface area (Å²) in [4.78, 5) is 31.6. The third-order valence-corrected chi connectivity index (χ3v) is 3.81. The van der Waals surface area contributed by atoms with Gasteiger partial charge < -0.3 is 15.0 Å². The van der Waals surface area contributed by atoms with Gasteiger partial charge in [-0.3, -0.25) is 4.79 Å². The van der Waals surface area contributed by atoms with Crippen molar-refractivity contribution in [2.24, 2.45) is 0 Å². The zero-order chi connectivity index (χ0) is 19.9. The van der Waals surface area contributed by atoms with Gasteiger partial charge in [0.15, 0.2) is 0 Å². The fraction of sp³-hybridized carbons (Fsp3) is 0.450. The number of ether oxygens (including phenoxy) is 1. The van der Waals surface area contributed by atoms with E-state index in [-0.39, 0.29) is 11.6 Å². The highest BCUT2D eigenvalue weighted by Crippen LogP contribution is 2.19. The van der Waals surface area contributed by atoms with Gasteiger partial charge in [0.05, 0.1) is 5.69 Å². The van der Waals surface area contributed by atoms with E-state index in [4.69, 9.17) is 4.74 Å². The number of allylic oxidation sites excluding steroid dienone is 3. The van der Waals surface area contributed by atoms with Crippen LogP contribution in [0.15, 0.2) is 36.7 Å². The smallest absolute Gasteiger partial charge is 0.407 e. The van der Waals surface area contributed by atoms with E-state index in [0.717, 1.165) is 17.7 Å². The Morgan fingerprint density at radius 1 is 1.38 bits per heavy atom. The molecule has 26 heavy (non-hydrogen) atoms. The summed E-state index contributed by atoms with van der Waals surface area (Å²) in [7, 11) is 0. The van der Waals surface area contributed by atoms with Gasteiger partial charge in [0.2, 0.25) is 0 Å². The molecule has 1 aromatic rings. The van der Waals surface area contributed by atoms with Gasteiger partial charge in [-0.05, 0) is 40.5 Å². The van der Waals surface area contributed by atoms with Crippen LogP contribution in [-0.4, -0.2) is 27.7 Å². The Kier molecular flexibility index (Phi) is 7.56. The molecule has 1 amide bonds. The minimum Gasteiger partial charge on any atom is -0.444 e. The van der Waals surface area contributed by atoms with E-state index >= 15 is 0 Å². The van der Waals surface area contributed by atoms with Crippen molar-refractivity contribution >= 4 is 11.7 Å². The number of carbonyl (C=O) groups excluding carboxylic acids is 1. The summed E-state index contributed by atoms with van der Waals surface area (Å²) in [5, 5.41) is 2.83. The summed E-state index contributed by atoms with van der Waals surface area (Å²) < 4.78 is 5.27. The summed E-state index contributed by atoms with van der Waals surface area (Å²) in [6.45, 7) is 17.1. The lowest BCUT2D eigenvalue weighted by Gasteiger charge is -2.26. The van der Waals surface area contributed by atoms with Crippen molar-refractivity contribution in [1.82, 2.24) is 15.3 Å². The molecule has 1 atom stereocenters. The number of aromatic nitrogens is 2. The fourth-order valence-electron chi connectivity index (χ4n) is 2.71. The van der Waals surface area contributed by atoms with Crippen molar-refractivity contribution in [3.63, 3.8) is 0 Å². The van der Waals surface area contributed by atoms with E-state index < -0.39 is 11.7 Å². The van der Waals surface area contributed by atoms with Crippen molar-refractivity contribution in [1.29, 1.82) is 0 Å². The Hall–Kier alpha value is -2.63. The Morgan fingerprint density at radius 2 is 2.04 bits per heavy atom. The third kappa shape index (κ3) is 5.72. The molecule has 1 aliphatic rings. The molecular formula is C20H29N3O3. The normalized spacial score (nSPS) is 16.6. The highest BCUT2D eigenvalue weighted by molar-refractivity contribution is 5.69. The first-order valence-electron chi connectivity index (χ1n) is 8.64. The van der Waals surface area contributed by atoms with Crippen molar-refractivity contribution in [3.05, 3.63) is 59.3 Å². The number of H-pyrrole nitrogens is 1. The molecular weight excluding hydrogens is 330 g/mol. The summed E-state index contributed by atoms with van der Waals surface area (Å²) in [5.41, 5.74) is 1.51. The van der Waals surface area contributed by atoms with Gasteiger partial charge in [-0.15, -0.1) is 13.2 Å². The van der Waals surface area contributed by atoms with E-state index in [2.05, 4.69) is 35.0 Å². The number of alkyl carbamates (subject to hydrolysis) is 1. The lowest BCUT2D eigenvalue weighted by atomic mass is 9.92. The molecule has 1 unspecified atom stereocenters. The van der Waals surface area contributed by atoms with Crippen molar-refractivity contribution in [2.45, 2.75) is 58.6 Å². The molecule has 0 saturated carbocycles. The van der Waals surface area contributed by atoms with Crippen LogP contribution >= 0.6 is 0 Å². The molecule has 1 aliphatic carbocycles. The van der Waals surface area contributed by atoms with E-state index in [1.165, 1.54) is 0 Å². The Bertz CT molecular complexity index is 742. The van der Waals surface area contributed by atoms with Crippen molar-refractivity contribution in [2.75, 3.05) is 0 Å². The number of amides is 1. The number of rotatable bonds is 3. The lowest BCUT2D eigenvalue weighted by molar-refractivity contribution is 0.0500. The number of aryl methyl sites for hydroxylation is 1. The number of nitrogens with one attached hydrogen (secondary N) is 2. The number of fused-ring (bicyclic) bond motifs is 1. The Balaban J connectivity index is 0.00000163. The molecule has 2 N–H and O–H groups in total. The highest BCUT2D eigenvalue weighted by Gasteiger charge is 2.26. The molecule has 0 aromatic carbocycles. The van der Waals surface area contributed by atoms with Crippen LogP contribution in [0.1, 0.15) is 51.2 Å². The lowest BCUT2D eigenvalue weighted by Crippen LogP contribution is -2.43. The molecule has 6 heteroatoms. The largest absolute Gasteiger partial charge is 0.444 e. The monoisotopic (exact) mass is 359 g/mol. The number of hydrogen-bond donors (Lipinski definition) is 2. The maximum atomic E-state index is 12.4. The highest BCUT2D eigenvalue weighted by atomic mass is 16.6. The van der Waals surface area contributed by atoms with Crippen LogP contribution in [0.2, 0.25) is 0 Å². The first-order chi connectivity index (χ1) is 12.2. The maximum absolute atomic E-state index is 12.4. The average molecular weight is 359 g/mol. The second-order valence-electron chi connectivity index (χ2n) is 6.87. The van der Waals surface area contributed by atoms with Gasteiger partial charge in [-0.2, -0.15) is 0 Å². The summed E-state index contributed by atoms with van der Waals surface area (Å²) in [6.07, 6.45) is 4.88. The molecule has 0 fully saturated rings. The maximum Gasteiger partial charge on any atom is 0.407 e. The summed E-state index contributed by atoms with van der Waals surface area (Å²) in [5.74, 6) is 0.537. The van der Waals surface area contributed by atoms with Crippen LogP contribution in [-0.2, 0) is 17.6 Å². The average Bonchev–Trinajstić information content (AvgIpc) is 2.56. The van der Waals surface area contributed by atoms with Gasteiger partial charge in [-0.25, -0.2) is 9.78 Å². The zero-order valence-electron chi connectivity index (χ0n) is 16.1. The molecule has 6 nitrogen and oxygen atoms in total. The minimum absolute atomic E-state index is 0.123. The molecule has 0 bridgehead atoms. The van der Waals surface area contributed by atoms with E-state index in [0.29, 0.717) is 24.2 Å². The van der Waals surface area contributed by atoms with E-state index in [1.54, 1.807) is 6.08 Å². The topological polar surface area (TPSA) is 84.1 Å². The van der Waals surface area contributed by atoms with Crippen LogP contribution in [0.5, 0.6) is 0 Å². The standard InChI is InChI=1S/C18H25N3O3.C2H4/c1-6-11(7-2)15-20-14-9-8-12(10-13(14)16(22)21-15)19-17(23)24-18(3,4)5;1-2/h6-7,12H,1,8-10H2,2-5H3,(H,19,23)(H,20,21,22);1-2H2/b11-7+;. The van der Waals surface area contributed by atoms with Crippen LogP contribution in [0.3, 0.4) is 0 Å². The second-order valence-corrected chi connectivity index (χ2v) is 6.87. The van der Waals surface area contributed by atoms with Crippen LogP contribution < -0.4 is 10.9 Å². The quantitative estimate of drug-likeness (QED) is 0.638.